The Morgan fingerprint density at radius 2 is 1.79 bits per heavy atom. The number of rotatable bonds is 6. The van der Waals surface area contributed by atoms with Crippen molar-refractivity contribution in [1.29, 1.82) is 0 Å². The number of hydrogen-bond acceptors (Lipinski definition) is 3. The van der Waals surface area contributed by atoms with Gasteiger partial charge in [-0.3, -0.25) is 4.79 Å². The van der Waals surface area contributed by atoms with Crippen LogP contribution in [0.5, 0.6) is 5.75 Å². The maximum atomic E-state index is 12.5. The van der Waals surface area contributed by atoms with Gasteiger partial charge in [-0.15, -0.1) is 0 Å². The van der Waals surface area contributed by atoms with Crippen LogP contribution in [0.3, 0.4) is 0 Å². The van der Waals surface area contributed by atoms with Gasteiger partial charge in [0.1, 0.15) is 11.6 Å². The number of amides is 1. The minimum atomic E-state index is -0.208. The molecule has 1 atom stereocenters. The van der Waals surface area contributed by atoms with E-state index in [0.717, 1.165) is 27.6 Å². The normalized spacial score (nSPS) is 12.4. The molecule has 4 rings (SSSR count). The van der Waals surface area contributed by atoms with Gasteiger partial charge < -0.3 is 15.0 Å². The second kappa shape index (κ2) is 7.72. The number of hydrogen-bond donors (Lipinski definition) is 2. The maximum absolute atomic E-state index is 12.5. The fraction of sp³-hybridized carbons (Fsp3) is 0.217. The summed E-state index contributed by atoms with van der Waals surface area (Å²) in [6, 6.07) is 21.5. The zero-order valence-corrected chi connectivity index (χ0v) is 16.0. The molecule has 5 nitrogen and oxygen atoms in total. The summed E-state index contributed by atoms with van der Waals surface area (Å²) < 4.78 is 5.71. The van der Waals surface area contributed by atoms with Gasteiger partial charge >= 0.3 is 0 Å². The van der Waals surface area contributed by atoms with Gasteiger partial charge in [0.2, 0.25) is 0 Å². The molecule has 28 heavy (non-hydrogen) atoms. The predicted molar refractivity (Wildman–Crippen MR) is 111 cm³/mol. The number of aromatic nitrogens is 2. The second-order valence-corrected chi connectivity index (χ2v) is 7.23. The average Bonchev–Trinajstić information content (AvgIpc) is 3.14. The summed E-state index contributed by atoms with van der Waals surface area (Å²) in [4.78, 5) is 20.4. The first-order valence-electron chi connectivity index (χ1n) is 9.46. The average molecular weight is 373 g/mol. The number of nitrogens with zero attached hydrogens (tertiary/aromatic N) is 1. The number of H-pyrrole nitrogens is 1. The van der Waals surface area contributed by atoms with E-state index in [9.17, 15) is 4.79 Å². The zero-order chi connectivity index (χ0) is 19.5. The van der Waals surface area contributed by atoms with Crippen molar-refractivity contribution < 1.29 is 9.53 Å². The van der Waals surface area contributed by atoms with Crippen LogP contribution < -0.4 is 10.1 Å². The molecule has 3 aromatic carbocycles. The summed E-state index contributed by atoms with van der Waals surface area (Å²) in [6.45, 7) is 4.08. The fourth-order valence-electron chi connectivity index (χ4n) is 3.29. The molecule has 0 radical (unpaired) electrons. The van der Waals surface area contributed by atoms with E-state index in [4.69, 9.17) is 4.74 Å². The Kier molecular flexibility index (Phi) is 4.98. The largest absolute Gasteiger partial charge is 0.484 e. The van der Waals surface area contributed by atoms with Crippen molar-refractivity contribution >= 4 is 27.7 Å². The minimum Gasteiger partial charge on any atom is -0.484 e. The van der Waals surface area contributed by atoms with Crippen LogP contribution in [0.4, 0.5) is 0 Å². The highest BCUT2D eigenvalue weighted by Crippen LogP contribution is 2.23. The molecule has 0 fully saturated rings. The Labute approximate surface area is 163 Å². The predicted octanol–water partition coefficient (Wildman–Crippen LogP) is 4.61. The van der Waals surface area contributed by atoms with Gasteiger partial charge in [-0.2, -0.15) is 0 Å². The molecule has 0 aliphatic heterocycles. The number of benzene rings is 3. The first-order valence-corrected chi connectivity index (χ1v) is 9.46. The molecular weight excluding hydrogens is 350 g/mol. The van der Waals surface area contributed by atoms with Gasteiger partial charge in [0, 0.05) is 0 Å². The van der Waals surface area contributed by atoms with Gasteiger partial charge in [0.05, 0.1) is 17.1 Å². The van der Waals surface area contributed by atoms with Gasteiger partial charge in [0.15, 0.2) is 6.61 Å². The molecule has 1 unspecified atom stereocenters. The van der Waals surface area contributed by atoms with E-state index in [2.05, 4.69) is 29.1 Å². The Bertz CT molecular complexity index is 1080. The number of fused-ring (bicyclic) bond motifs is 2. The van der Waals surface area contributed by atoms with Gasteiger partial charge in [-0.1, -0.05) is 56.3 Å². The summed E-state index contributed by atoms with van der Waals surface area (Å²) in [5.41, 5.74) is 1.86. The van der Waals surface area contributed by atoms with Crippen molar-refractivity contribution in [2.75, 3.05) is 6.61 Å². The summed E-state index contributed by atoms with van der Waals surface area (Å²) in [7, 11) is 0. The van der Waals surface area contributed by atoms with Crippen molar-refractivity contribution in [2.45, 2.75) is 19.9 Å². The van der Waals surface area contributed by atoms with E-state index in [0.29, 0.717) is 5.75 Å². The van der Waals surface area contributed by atoms with Crippen LogP contribution >= 0.6 is 0 Å². The number of nitrogens with one attached hydrogen (secondary N) is 2. The SMILES string of the molecule is CC(C)C(NC(=O)COc1ccc2ccccc2c1)c1nc2ccccc2[nH]1. The third kappa shape index (κ3) is 3.83. The molecule has 4 aromatic rings. The van der Waals surface area contributed by atoms with Crippen LogP contribution in [0.2, 0.25) is 0 Å². The number of ether oxygens (including phenoxy) is 1. The standard InChI is InChI=1S/C23H23N3O2/c1-15(2)22(23-24-19-9-5-6-10-20(19)25-23)26-21(27)14-28-18-12-11-16-7-3-4-8-17(16)13-18/h3-13,15,22H,14H2,1-2H3,(H,24,25)(H,26,27). The van der Waals surface area contributed by atoms with Crippen LogP contribution in [-0.2, 0) is 4.79 Å². The molecule has 1 amide bonds. The highest BCUT2D eigenvalue weighted by Gasteiger charge is 2.22. The van der Waals surface area contributed by atoms with E-state index < -0.39 is 0 Å². The maximum Gasteiger partial charge on any atom is 0.258 e. The minimum absolute atomic E-state index is 0.0399. The smallest absolute Gasteiger partial charge is 0.258 e. The van der Waals surface area contributed by atoms with Crippen molar-refractivity contribution in [1.82, 2.24) is 15.3 Å². The lowest BCUT2D eigenvalue weighted by Crippen LogP contribution is -2.35. The van der Waals surface area contributed by atoms with Crippen molar-refractivity contribution in [3.8, 4) is 5.75 Å². The van der Waals surface area contributed by atoms with E-state index in [-0.39, 0.29) is 24.5 Å². The number of carbonyl (C=O) groups excluding carboxylic acids is 1. The third-order valence-corrected chi connectivity index (χ3v) is 4.78. The second-order valence-electron chi connectivity index (χ2n) is 7.23. The lowest BCUT2D eigenvalue weighted by molar-refractivity contribution is -0.124. The zero-order valence-electron chi connectivity index (χ0n) is 16.0. The molecular formula is C23H23N3O2. The summed E-state index contributed by atoms with van der Waals surface area (Å²) in [5.74, 6) is 1.45. The highest BCUT2D eigenvalue weighted by atomic mass is 16.5. The molecule has 1 heterocycles. The Hall–Kier alpha value is -3.34. The number of para-hydroxylation sites is 2. The van der Waals surface area contributed by atoms with Gasteiger partial charge in [0.25, 0.3) is 5.91 Å². The van der Waals surface area contributed by atoms with Crippen LogP contribution in [0.25, 0.3) is 21.8 Å². The van der Waals surface area contributed by atoms with E-state index in [1.165, 1.54) is 0 Å². The van der Waals surface area contributed by atoms with Crippen LogP contribution in [-0.4, -0.2) is 22.5 Å². The van der Waals surface area contributed by atoms with E-state index in [1.807, 2.05) is 66.7 Å². The molecule has 0 aliphatic rings. The summed E-state index contributed by atoms with van der Waals surface area (Å²) >= 11 is 0. The number of aromatic amines is 1. The number of imidazole rings is 1. The topological polar surface area (TPSA) is 67.0 Å². The van der Waals surface area contributed by atoms with Crippen LogP contribution in [0, 0.1) is 5.92 Å². The monoisotopic (exact) mass is 373 g/mol. The summed E-state index contributed by atoms with van der Waals surface area (Å²) in [6.07, 6.45) is 0. The van der Waals surface area contributed by atoms with Crippen LogP contribution in [0.15, 0.2) is 66.7 Å². The molecule has 0 bridgehead atoms. The summed E-state index contributed by atoms with van der Waals surface area (Å²) in [5, 5.41) is 5.27. The highest BCUT2D eigenvalue weighted by molar-refractivity contribution is 5.84. The lowest BCUT2D eigenvalue weighted by Gasteiger charge is -2.20. The quantitative estimate of drug-likeness (QED) is 0.519. The fourth-order valence-corrected chi connectivity index (χ4v) is 3.29. The molecule has 1 aromatic heterocycles. The molecule has 0 spiro atoms. The number of carbonyl (C=O) groups is 1. The third-order valence-electron chi connectivity index (χ3n) is 4.78. The van der Waals surface area contributed by atoms with Gasteiger partial charge in [-0.25, -0.2) is 4.98 Å². The molecule has 2 N–H and O–H groups in total. The Morgan fingerprint density at radius 1 is 1.04 bits per heavy atom. The Morgan fingerprint density at radius 3 is 2.57 bits per heavy atom. The molecule has 5 heteroatoms. The lowest BCUT2D eigenvalue weighted by atomic mass is 10.0. The molecule has 142 valence electrons. The van der Waals surface area contributed by atoms with E-state index in [1.54, 1.807) is 0 Å². The first-order chi connectivity index (χ1) is 13.6. The first kappa shape index (κ1) is 18.0. The molecule has 0 aliphatic carbocycles. The Balaban J connectivity index is 1.44. The van der Waals surface area contributed by atoms with Crippen molar-refractivity contribution in [2.24, 2.45) is 5.92 Å². The van der Waals surface area contributed by atoms with Crippen molar-refractivity contribution in [3.63, 3.8) is 0 Å². The van der Waals surface area contributed by atoms with Crippen molar-refractivity contribution in [3.05, 3.63) is 72.6 Å². The van der Waals surface area contributed by atoms with Gasteiger partial charge in [-0.05, 0) is 41.0 Å². The molecule has 0 saturated heterocycles. The van der Waals surface area contributed by atoms with Crippen LogP contribution in [0.1, 0.15) is 25.7 Å². The molecule has 0 saturated carbocycles. The van der Waals surface area contributed by atoms with E-state index >= 15 is 0 Å².